The lowest BCUT2D eigenvalue weighted by Crippen LogP contribution is -1.92. The Hall–Kier alpha value is -2.35. The molecule has 0 aliphatic carbocycles. The normalized spacial score (nSPS) is 12.8. The number of rotatable bonds is 3. The Balaban J connectivity index is 2.14. The van der Waals surface area contributed by atoms with E-state index < -0.39 is 0 Å². The van der Waals surface area contributed by atoms with Crippen LogP contribution >= 0.6 is 0 Å². The Bertz CT molecular complexity index is 853. The van der Waals surface area contributed by atoms with E-state index in [2.05, 4.69) is 49.2 Å². The van der Waals surface area contributed by atoms with Gasteiger partial charge in [-0.05, 0) is 56.2 Å². The standard InChI is InChI=1S/C19H19NO/c1-4-5-10-20-14(3)15-7-9-19-17(12-15)16-11-13(2)6-8-18(16)21-19/h5-12H,4H2,1-3H3/b10-5-,20-14?. The van der Waals surface area contributed by atoms with Gasteiger partial charge in [-0.25, -0.2) is 0 Å². The Kier molecular flexibility index (Phi) is 3.61. The van der Waals surface area contributed by atoms with Crippen LogP contribution in [0.15, 0.2) is 58.1 Å². The summed E-state index contributed by atoms with van der Waals surface area (Å²) in [5, 5.41) is 2.32. The fraction of sp³-hybridized carbons (Fsp3) is 0.211. The van der Waals surface area contributed by atoms with Crippen LogP contribution in [0.4, 0.5) is 0 Å². The third-order valence-electron chi connectivity index (χ3n) is 3.65. The molecule has 2 heteroatoms. The first-order chi connectivity index (χ1) is 10.2. The maximum atomic E-state index is 5.89. The molecule has 2 nitrogen and oxygen atoms in total. The van der Waals surface area contributed by atoms with Gasteiger partial charge in [0.2, 0.25) is 0 Å². The number of nitrogens with zero attached hydrogens (tertiary/aromatic N) is 1. The molecule has 0 amide bonds. The van der Waals surface area contributed by atoms with Gasteiger partial charge in [-0.3, -0.25) is 4.99 Å². The van der Waals surface area contributed by atoms with Gasteiger partial charge in [-0.1, -0.05) is 24.6 Å². The second-order valence-electron chi connectivity index (χ2n) is 5.32. The zero-order valence-electron chi connectivity index (χ0n) is 12.7. The number of hydrogen-bond acceptors (Lipinski definition) is 2. The van der Waals surface area contributed by atoms with Crippen molar-refractivity contribution in [2.45, 2.75) is 27.2 Å². The van der Waals surface area contributed by atoms with Gasteiger partial charge < -0.3 is 4.42 Å². The molecule has 2 aromatic carbocycles. The number of aryl methyl sites for hydroxylation is 1. The highest BCUT2D eigenvalue weighted by Gasteiger charge is 2.08. The van der Waals surface area contributed by atoms with Crippen LogP contribution in [0.5, 0.6) is 0 Å². The Labute approximate surface area is 124 Å². The molecule has 1 aromatic heterocycles. The molecule has 0 aliphatic heterocycles. The van der Waals surface area contributed by atoms with Gasteiger partial charge in [0.05, 0.1) is 0 Å². The molecule has 0 saturated heterocycles. The van der Waals surface area contributed by atoms with Crippen molar-refractivity contribution in [1.82, 2.24) is 0 Å². The van der Waals surface area contributed by atoms with Crippen LogP contribution in [0.2, 0.25) is 0 Å². The second-order valence-corrected chi connectivity index (χ2v) is 5.32. The molecule has 1 heterocycles. The van der Waals surface area contributed by atoms with Crippen molar-refractivity contribution < 1.29 is 4.42 Å². The van der Waals surface area contributed by atoms with Gasteiger partial charge in [-0.15, -0.1) is 0 Å². The summed E-state index contributed by atoms with van der Waals surface area (Å²) >= 11 is 0. The van der Waals surface area contributed by atoms with Crippen LogP contribution in [-0.2, 0) is 0 Å². The highest BCUT2D eigenvalue weighted by molar-refractivity contribution is 6.09. The SMILES string of the molecule is CC/C=C\N=C(C)c1ccc2oc3ccc(C)cc3c2c1. The molecule has 0 radical (unpaired) electrons. The summed E-state index contributed by atoms with van der Waals surface area (Å²) in [5.74, 6) is 0. The van der Waals surface area contributed by atoms with Crippen LogP contribution in [0.1, 0.15) is 31.4 Å². The molecule has 0 N–H and O–H groups in total. The summed E-state index contributed by atoms with van der Waals surface area (Å²) in [7, 11) is 0. The summed E-state index contributed by atoms with van der Waals surface area (Å²) in [6, 6.07) is 12.6. The third-order valence-corrected chi connectivity index (χ3v) is 3.65. The molecular weight excluding hydrogens is 258 g/mol. The Morgan fingerprint density at radius 3 is 2.57 bits per heavy atom. The second kappa shape index (κ2) is 5.57. The smallest absolute Gasteiger partial charge is 0.135 e. The van der Waals surface area contributed by atoms with E-state index in [4.69, 9.17) is 4.42 Å². The molecule has 0 spiro atoms. The summed E-state index contributed by atoms with van der Waals surface area (Å²) in [4.78, 5) is 4.48. The Morgan fingerprint density at radius 1 is 1.10 bits per heavy atom. The fourth-order valence-electron chi connectivity index (χ4n) is 2.46. The first-order valence-electron chi connectivity index (χ1n) is 7.31. The van der Waals surface area contributed by atoms with E-state index in [-0.39, 0.29) is 0 Å². The maximum absolute atomic E-state index is 5.89. The predicted molar refractivity (Wildman–Crippen MR) is 90.1 cm³/mol. The molecule has 0 saturated carbocycles. The van der Waals surface area contributed by atoms with Gasteiger partial charge in [0, 0.05) is 22.7 Å². The van der Waals surface area contributed by atoms with E-state index in [1.807, 2.05) is 25.3 Å². The van der Waals surface area contributed by atoms with E-state index in [9.17, 15) is 0 Å². The van der Waals surface area contributed by atoms with Crippen LogP contribution < -0.4 is 0 Å². The maximum Gasteiger partial charge on any atom is 0.135 e. The first-order valence-corrected chi connectivity index (χ1v) is 7.31. The van der Waals surface area contributed by atoms with Gasteiger partial charge in [0.15, 0.2) is 0 Å². The van der Waals surface area contributed by atoms with Gasteiger partial charge >= 0.3 is 0 Å². The minimum atomic E-state index is 0.927. The zero-order chi connectivity index (χ0) is 14.8. The zero-order valence-corrected chi connectivity index (χ0v) is 12.7. The van der Waals surface area contributed by atoms with Crippen LogP contribution in [0.3, 0.4) is 0 Å². The highest BCUT2D eigenvalue weighted by atomic mass is 16.3. The minimum Gasteiger partial charge on any atom is -0.456 e. The fourth-order valence-corrected chi connectivity index (χ4v) is 2.46. The van der Waals surface area contributed by atoms with Crippen LogP contribution in [0.25, 0.3) is 21.9 Å². The molecule has 3 aromatic rings. The van der Waals surface area contributed by atoms with Crippen molar-refractivity contribution in [1.29, 1.82) is 0 Å². The van der Waals surface area contributed by atoms with E-state index in [1.165, 1.54) is 10.9 Å². The van der Waals surface area contributed by atoms with E-state index >= 15 is 0 Å². The predicted octanol–water partition coefficient (Wildman–Crippen LogP) is 5.63. The van der Waals surface area contributed by atoms with Crippen molar-refractivity contribution in [3.63, 3.8) is 0 Å². The lowest BCUT2D eigenvalue weighted by Gasteiger charge is -1.99. The van der Waals surface area contributed by atoms with E-state index in [1.54, 1.807) is 0 Å². The molecule has 0 aliphatic rings. The van der Waals surface area contributed by atoms with Crippen molar-refractivity contribution in [2.24, 2.45) is 4.99 Å². The van der Waals surface area contributed by atoms with Gasteiger partial charge in [0.25, 0.3) is 0 Å². The summed E-state index contributed by atoms with van der Waals surface area (Å²) in [5.41, 5.74) is 5.26. The van der Waals surface area contributed by atoms with E-state index in [0.29, 0.717) is 0 Å². The Morgan fingerprint density at radius 2 is 1.81 bits per heavy atom. The third kappa shape index (κ3) is 2.62. The van der Waals surface area contributed by atoms with Gasteiger partial charge in [-0.2, -0.15) is 0 Å². The number of aliphatic imine (C=N–C) groups is 1. The molecule has 0 fully saturated rings. The molecular formula is C19H19NO. The summed E-state index contributed by atoms with van der Waals surface area (Å²) < 4.78 is 5.89. The molecule has 3 rings (SSSR count). The number of allylic oxidation sites excluding steroid dienone is 1. The summed E-state index contributed by atoms with van der Waals surface area (Å²) in [6.45, 7) is 6.24. The van der Waals surface area contributed by atoms with Gasteiger partial charge in [0.1, 0.15) is 11.2 Å². The number of fused-ring (bicyclic) bond motifs is 3. The first kappa shape index (κ1) is 13.6. The lowest BCUT2D eigenvalue weighted by molar-refractivity contribution is 0.669. The quantitative estimate of drug-likeness (QED) is 0.570. The minimum absolute atomic E-state index is 0.927. The van der Waals surface area contributed by atoms with Crippen molar-refractivity contribution in [3.8, 4) is 0 Å². The largest absolute Gasteiger partial charge is 0.456 e. The van der Waals surface area contributed by atoms with Crippen LogP contribution in [-0.4, -0.2) is 5.71 Å². The molecule has 0 atom stereocenters. The lowest BCUT2D eigenvalue weighted by atomic mass is 10.1. The summed E-state index contributed by atoms with van der Waals surface area (Å²) in [6.07, 6.45) is 4.93. The number of hydrogen-bond donors (Lipinski definition) is 0. The van der Waals surface area contributed by atoms with E-state index in [0.717, 1.165) is 34.2 Å². The molecule has 0 unspecified atom stereocenters. The number of benzene rings is 2. The molecule has 106 valence electrons. The molecule has 21 heavy (non-hydrogen) atoms. The van der Waals surface area contributed by atoms with Crippen LogP contribution in [0, 0.1) is 6.92 Å². The average Bonchev–Trinajstić information content (AvgIpc) is 2.84. The highest BCUT2D eigenvalue weighted by Crippen LogP contribution is 2.30. The van der Waals surface area contributed by atoms with Crippen molar-refractivity contribution in [2.75, 3.05) is 0 Å². The number of furan rings is 1. The monoisotopic (exact) mass is 277 g/mol. The molecule has 0 bridgehead atoms. The van der Waals surface area contributed by atoms with Crippen molar-refractivity contribution in [3.05, 3.63) is 59.8 Å². The topological polar surface area (TPSA) is 25.5 Å². The average molecular weight is 277 g/mol. The van der Waals surface area contributed by atoms with Crippen molar-refractivity contribution >= 4 is 27.7 Å².